The van der Waals surface area contributed by atoms with Gasteiger partial charge >= 0.3 is 6.09 Å². The van der Waals surface area contributed by atoms with E-state index in [4.69, 9.17) is 15.2 Å². The lowest BCUT2D eigenvalue weighted by molar-refractivity contribution is 0.0360. The zero-order valence-corrected chi connectivity index (χ0v) is 14.1. The van der Waals surface area contributed by atoms with Crippen LogP contribution in [0.4, 0.5) is 9.18 Å². The van der Waals surface area contributed by atoms with Gasteiger partial charge in [0.25, 0.3) is 0 Å². The van der Waals surface area contributed by atoms with Crippen molar-refractivity contribution in [2.45, 2.75) is 64.3 Å². The molecule has 23 heavy (non-hydrogen) atoms. The minimum atomic E-state index is -0.510. The van der Waals surface area contributed by atoms with E-state index in [1.807, 2.05) is 20.8 Å². The van der Waals surface area contributed by atoms with Crippen molar-refractivity contribution < 1.29 is 18.7 Å². The van der Waals surface area contributed by atoms with Crippen molar-refractivity contribution in [3.63, 3.8) is 0 Å². The van der Waals surface area contributed by atoms with E-state index in [2.05, 4.69) is 5.32 Å². The van der Waals surface area contributed by atoms with Gasteiger partial charge in [-0.05, 0) is 45.9 Å². The molecule has 2 rings (SSSR count). The summed E-state index contributed by atoms with van der Waals surface area (Å²) in [4.78, 5) is 11.7. The van der Waals surface area contributed by atoms with Crippen LogP contribution in [0.25, 0.3) is 0 Å². The number of carbonyl (C=O) groups is 1. The van der Waals surface area contributed by atoms with E-state index in [0.29, 0.717) is 24.2 Å². The average molecular weight is 324 g/mol. The number of hydrogen-bond donors (Lipinski definition) is 2. The summed E-state index contributed by atoms with van der Waals surface area (Å²) in [5.41, 5.74) is 5.99. The van der Waals surface area contributed by atoms with Gasteiger partial charge < -0.3 is 20.5 Å². The van der Waals surface area contributed by atoms with Gasteiger partial charge in [-0.25, -0.2) is 9.18 Å². The van der Waals surface area contributed by atoms with Crippen LogP contribution in [0, 0.1) is 5.82 Å². The number of nitrogens with one attached hydrogen (secondary N) is 1. The fourth-order valence-corrected chi connectivity index (χ4v) is 2.42. The highest BCUT2D eigenvalue weighted by molar-refractivity contribution is 5.68. The van der Waals surface area contributed by atoms with Gasteiger partial charge in [0, 0.05) is 30.5 Å². The molecule has 1 fully saturated rings. The summed E-state index contributed by atoms with van der Waals surface area (Å²) < 4.78 is 24.4. The summed E-state index contributed by atoms with van der Waals surface area (Å²) in [6, 6.07) is 4.08. The maximum atomic E-state index is 13.3. The van der Waals surface area contributed by atoms with Gasteiger partial charge in [-0.1, -0.05) is 0 Å². The molecule has 1 aromatic rings. The lowest BCUT2D eigenvalue weighted by Gasteiger charge is -2.36. The molecule has 3 N–H and O–H groups in total. The Morgan fingerprint density at radius 2 is 2.04 bits per heavy atom. The number of halogens is 1. The Balaban J connectivity index is 1.84. The molecule has 5 nitrogen and oxygen atoms in total. The smallest absolute Gasteiger partial charge is 0.407 e. The molecule has 1 aliphatic carbocycles. The second kappa shape index (κ2) is 6.74. The van der Waals surface area contributed by atoms with Crippen molar-refractivity contribution in [2.75, 3.05) is 0 Å². The fourth-order valence-electron chi connectivity index (χ4n) is 2.42. The molecule has 1 aliphatic rings. The fraction of sp³-hybridized carbons (Fsp3) is 0.588. The topological polar surface area (TPSA) is 73.6 Å². The van der Waals surface area contributed by atoms with Gasteiger partial charge in [-0.2, -0.15) is 0 Å². The Bertz CT molecular complexity index is 563. The van der Waals surface area contributed by atoms with Crippen LogP contribution in [-0.2, 0) is 4.74 Å². The maximum Gasteiger partial charge on any atom is 0.407 e. The van der Waals surface area contributed by atoms with E-state index < -0.39 is 11.7 Å². The molecular weight excluding hydrogens is 299 g/mol. The highest BCUT2D eigenvalue weighted by Gasteiger charge is 2.33. The van der Waals surface area contributed by atoms with Crippen LogP contribution in [0.15, 0.2) is 18.2 Å². The first kappa shape index (κ1) is 17.5. The number of carbonyl (C=O) groups excluding carboxylic acids is 1. The minimum Gasteiger partial charge on any atom is -0.490 e. The summed E-state index contributed by atoms with van der Waals surface area (Å²) >= 11 is 0. The summed E-state index contributed by atoms with van der Waals surface area (Å²) in [6.45, 7) is 7.26. The number of amides is 1. The first-order valence-electron chi connectivity index (χ1n) is 7.85. The molecule has 0 heterocycles. The molecule has 1 atom stereocenters. The number of hydrogen-bond acceptors (Lipinski definition) is 4. The van der Waals surface area contributed by atoms with Crippen LogP contribution in [0.1, 0.15) is 52.1 Å². The molecule has 1 aromatic carbocycles. The quantitative estimate of drug-likeness (QED) is 0.891. The summed E-state index contributed by atoms with van der Waals surface area (Å²) in [5.74, 6) is 0.268. The molecule has 0 aliphatic heterocycles. The Labute approximate surface area is 136 Å². The van der Waals surface area contributed by atoms with E-state index in [9.17, 15) is 9.18 Å². The first-order chi connectivity index (χ1) is 10.6. The highest BCUT2D eigenvalue weighted by Crippen LogP contribution is 2.31. The SMILES string of the molecule is C[C@H](N)c1cc(F)ccc1OC1CC(NC(=O)OC(C)(C)C)C1. The largest absolute Gasteiger partial charge is 0.490 e. The van der Waals surface area contributed by atoms with Gasteiger partial charge in [0.05, 0.1) is 0 Å². The molecule has 0 unspecified atom stereocenters. The van der Waals surface area contributed by atoms with E-state index in [1.54, 1.807) is 13.0 Å². The van der Waals surface area contributed by atoms with Crippen LogP contribution >= 0.6 is 0 Å². The van der Waals surface area contributed by atoms with Crippen LogP contribution in [0.5, 0.6) is 5.75 Å². The van der Waals surface area contributed by atoms with Gasteiger partial charge in [0.1, 0.15) is 23.3 Å². The van der Waals surface area contributed by atoms with E-state index >= 15 is 0 Å². The number of ether oxygens (including phenoxy) is 2. The second-order valence-electron chi connectivity index (χ2n) is 7.03. The van der Waals surface area contributed by atoms with Crippen LogP contribution in [0.2, 0.25) is 0 Å². The van der Waals surface area contributed by atoms with Gasteiger partial charge in [-0.15, -0.1) is 0 Å². The van der Waals surface area contributed by atoms with Crippen molar-refractivity contribution in [2.24, 2.45) is 5.73 Å². The monoisotopic (exact) mass is 324 g/mol. The third-order valence-corrected chi connectivity index (χ3v) is 3.57. The third-order valence-electron chi connectivity index (χ3n) is 3.57. The standard InChI is InChI=1S/C17H25FN2O3/c1-10(19)14-7-11(18)5-6-15(14)22-13-8-12(9-13)20-16(21)23-17(2,3)4/h5-7,10,12-13H,8-9,19H2,1-4H3,(H,20,21)/t10-,12?,13?/m0/s1. The Morgan fingerprint density at radius 3 is 2.61 bits per heavy atom. The van der Waals surface area contributed by atoms with Crippen molar-refractivity contribution >= 4 is 6.09 Å². The van der Waals surface area contributed by atoms with Gasteiger partial charge in [-0.3, -0.25) is 0 Å². The first-order valence-corrected chi connectivity index (χ1v) is 7.85. The lowest BCUT2D eigenvalue weighted by Crippen LogP contribution is -2.50. The second-order valence-corrected chi connectivity index (χ2v) is 7.03. The predicted octanol–water partition coefficient (Wildman–Crippen LogP) is 3.28. The Morgan fingerprint density at radius 1 is 1.39 bits per heavy atom. The predicted molar refractivity (Wildman–Crippen MR) is 85.8 cm³/mol. The average Bonchev–Trinajstić information content (AvgIpc) is 2.35. The molecule has 0 spiro atoms. The van der Waals surface area contributed by atoms with E-state index in [1.165, 1.54) is 12.1 Å². The molecule has 0 saturated heterocycles. The van der Waals surface area contributed by atoms with Crippen LogP contribution in [-0.4, -0.2) is 23.8 Å². The van der Waals surface area contributed by atoms with Crippen molar-refractivity contribution in [1.29, 1.82) is 0 Å². The molecule has 128 valence electrons. The number of alkyl carbamates (subject to hydrolysis) is 1. The number of nitrogens with two attached hydrogens (primary N) is 1. The zero-order chi connectivity index (χ0) is 17.2. The van der Waals surface area contributed by atoms with Crippen LogP contribution in [0.3, 0.4) is 0 Å². The van der Waals surface area contributed by atoms with Gasteiger partial charge in [0.2, 0.25) is 0 Å². The van der Waals surface area contributed by atoms with Crippen molar-refractivity contribution in [3.8, 4) is 5.75 Å². The molecule has 0 bridgehead atoms. The molecule has 1 amide bonds. The van der Waals surface area contributed by atoms with E-state index in [0.717, 1.165) is 0 Å². The zero-order valence-electron chi connectivity index (χ0n) is 14.1. The van der Waals surface area contributed by atoms with Crippen molar-refractivity contribution in [1.82, 2.24) is 5.32 Å². The van der Waals surface area contributed by atoms with Crippen molar-refractivity contribution in [3.05, 3.63) is 29.6 Å². The van der Waals surface area contributed by atoms with E-state index in [-0.39, 0.29) is 24.0 Å². The number of rotatable bonds is 4. The summed E-state index contributed by atoms with van der Waals surface area (Å²) in [7, 11) is 0. The lowest BCUT2D eigenvalue weighted by atomic mass is 9.89. The Hall–Kier alpha value is -1.82. The van der Waals surface area contributed by atoms with Gasteiger partial charge in [0.15, 0.2) is 0 Å². The Kier molecular flexibility index (Phi) is 5.14. The normalized spacial score (nSPS) is 22.0. The molecule has 6 heteroatoms. The maximum absolute atomic E-state index is 13.3. The number of benzene rings is 1. The van der Waals surface area contributed by atoms with Crippen LogP contribution < -0.4 is 15.8 Å². The molecule has 0 radical (unpaired) electrons. The molecule has 1 saturated carbocycles. The highest BCUT2D eigenvalue weighted by atomic mass is 19.1. The summed E-state index contributed by atoms with van der Waals surface area (Å²) in [5, 5.41) is 2.81. The minimum absolute atomic E-state index is 0.0158. The molecule has 0 aromatic heterocycles. The third kappa shape index (κ3) is 5.10. The summed E-state index contributed by atoms with van der Waals surface area (Å²) in [6.07, 6.45) is 0.946. The molecular formula is C17H25FN2O3.